The molecule has 2 aromatic carbocycles. The highest BCUT2D eigenvalue weighted by atomic mass is 79.9. The van der Waals surface area contributed by atoms with Crippen molar-refractivity contribution >= 4 is 33.2 Å². The van der Waals surface area contributed by atoms with Crippen LogP contribution in [0, 0.1) is 0 Å². The van der Waals surface area contributed by atoms with Gasteiger partial charge in [-0.25, -0.2) is 5.01 Å². The van der Waals surface area contributed by atoms with Crippen LogP contribution in [0.3, 0.4) is 0 Å². The number of benzene rings is 2. The van der Waals surface area contributed by atoms with Crippen LogP contribution >= 0.6 is 27.5 Å². The third kappa shape index (κ3) is 2.63. The molecule has 26 heavy (non-hydrogen) atoms. The summed E-state index contributed by atoms with van der Waals surface area (Å²) in [5.74, 6) is 1.64. The van der Waals surface area contributed by atoms with Crippen LogP contribution in [0.25, 0.3) is 0 Å². The highest BCUT2D eigenvalue weighted by Gasteiger charge is 2.41. The fraction of sp³-hybridized carbons (Fsp3) is 0.150. The number of nitrogens with zero attached hydrogens (tertiary/aromatic N) is 2. The largest absolute Gasteiger partial charge is 0.464 e. The SMILES string of the molecule is Clc1ccc2c(c1)[C@@H]1CC(c3ccco3)=NN1[C@H](c1ccc(Br)cc1)O2. The van der Waals surface area contributed by atoms with Gasteiger partial charge in [0.25, 0.3) is 0 Å². The maximum atomic E-state index is 6.31. The summed E-state index contributed by atoms with van der Waals surface area (Å²) in [6.45, 7) is 0. The van der Waals surface area contributed by atoms with Gasteiger partial charge >= 0.3 is 0 Å². The van der Waals surface area contributed by atoms with E-state index in [1.54, 1.807) is 6.26 Å². The molecule has 0 unspecified atom stereocenters. The minimum atomic E-state index is -0.297. The van der Waals surface area contributed by atoms with Gasteiger partial charge in [0.05, 0.1) is 12.3 Å². The Balaban J connectivity index is 1.61. The molecule has 0 bridgehead atoms. The van der Waals surface area contributed by atoms with Gasteiger partial charge in [-0.05, 0) is 42.5 Å². The van der Waals surface area contributed by atoms with Crippen molar-refractivity contribution in [3.63, 3.8) is 0 Å². The molecule has 0 saturated carbocycles. The number of hydrazone groups is 1. The minimum absolute atomic E-state index is 0.0613. The Kier molecular flexibility index (Phi) is 3.80. The topological polar surface area (TPSA) is 38.0 Å². The number of hydrogen-bond donors (Lipinski definition) is 0. The number of ether oxygens (including phenoxy) is 1. The fourth-order valence-corrected chi connectivity index (χ4v) is 3.94. The molecular formula is C20H14BrClN2O2. The highest BCUT2D eigenvalue weighted by Crippen LogP contribution is 2.48. The van der Waals surface area contributed by atoms with Crippen LogP contribution in [0.15, 0.2) is 74.9 Å². The molecule has 1 aromatic heterocycles. The quantitative estimate of drug-likeness (QED) is 0.506. The Morgan fingerprint density at radius 3 is 2.73 bits per heavy atom. The van der Waals surface area contributed by atoms with E-state index < -0.39 is 0 Å². The Hall–Kier alpha value is -2.24. The van der Waals surface area contributed by atoms with E-state index in [0.717, 1.165) is 39.2 Å². The van der Waals surface area contributed by atoms with Crippen molar-refractivity contribution in [2.45, 2.75) is 18.7 Å². The van der Waals surface area contributed by atoms with E-state index in [4.69, 9.17) is 25.9 Å². The molecular weight excluding hydrogens is 416 g/mol. The highest BCUT2D eigenvalue weighted by molar-refractivity contribution is 9.10. The Morgan fingerprint density at radius 1 is 1.12 bits per heavy atom. The maximum absolute atomic E-state index is 6.31. The predicted molar refractivity (Wildman–Crippen MR) is 103 cm³/mol. The number of furan rings is 1. The molecule has 0 aliphatic carbocycles. The molecule has 0 N–H and O–H groups in total. The first-order valence-corrected chi connectivity index (χ1v) is 9.47. The van der Waals surface area contributed by atoms with Crippen LogP contribution in [-0.4, -0.2) is 10.7 Å². The number of hydrogen-bond acceptors (Lipinski definition) is 4. The first-order valence-electron chi connectivity index (χ1n) is 8.30. The van der Waals surface area contributed by atoms with Crippen LogP contribution in [-0.2, 0) is 0 Å². The van der Waals surface area contributed by atoms with Gasteiger partial charge in [-0.15, -0.1) is 0 Å². The minimum Gasteiger partial charge on any atom is -0.464 e. The zero-order chi connectivity index (χ0) is 17.7. The molecule has 0 radical (unpaired) electrons. The van der Waals surface area contributed by atoms with Crippen LogP contribution in [0.4, 0.5) is 0 Å². The smallest absolute Gasteiger partial charge is 0.213 e. The molecule has 0 spiro atoms. The summed E-state index contributed by atoms with van der Waals surface area (Å²) in [7, 11) is 0. The third-order valence-electron chi connectivity index (χ3n) is 4.71. The van der Waals surface area contributed by atoms with E-state index in [2.05, 4.69) is 15.9 Å². The summed E-state index contributed by atoms with van der Waals surface area (Å²) in [4.78, 5) is 0. The van der Waals surface area contributed by atoms with E-state index in [0.29, 0.717) is 5.02 Å². The first-order chi connectivity index (χ1) is 12.7. The van der Waals surface area contributed by atoms with Gasteiger partial charge < -0.3 is 9.15 Å². The molecule has 2 atom stereocenters. The van der Waals surface area contributed by atoms with Crippen LogP contribution in [0.2, 0.25) is 5.02 Å². The van der Waals surface area contributed by atoms with Crippen molar-refractivity contribution in [1.82, 2.24) is 5.01 Å². The predicted octanol–water partition coefficient (Wildman–Crippen LogP) is 5.94. The molecule has 0 saturated heterocycles. The van der Waals surface area contributed by atoms with Crippen molar-refractivity contribution in [2.24, 2.45) is 5.10 Å². The summed E-state index contributed by atoms with van der Waals surface area (Å²) in [5, 5.41) is 7.55. The number of halogens is 2. The van der Waals surface area contributed by atoms with Crippen molar-refractivity contribution < 1.29 is 9.15 Å². The lowest BCUT2D eigenvalue weighted by Crippen LogP contribution is -2.33. The lowest BCUT2D eigenvalue weighted by molar-refractivity contribution is -0.0190. The van der Waals surface area contributed by atoms with E-state index in [1.807, 2.05) is 59.6 Å². The monoisotopic (exact) mass is 428 g/mol. The molecule has 0 fully saturated rings. The van der Waals surface area contributed by atoms with E-state index in [-0.39, 0.29) is 12.3 Å². The zero-order valence-electron chi connectivity index (χ0n) is 13.6. The summed E-state index contributed by atoms with van der Waals surface area (Å²) >= 11 is 9.72. The molecule has 2 aliphatic rings. The van der Waals surface area contributed by atoms with Crippen LogP contribution < -0.4 is 4.74 Å². The van der Waals surface area contributed by atoms with Crippen molar-refractivity contribution in [2.75, 3.05) is 0 Å². The lowest BCUT2D eigenvalue weighted by Gasteiger charge is -2.38. The van der Waals surface area contributed by atoms with Gasteiger partial charge in [0.1, 0.15) is 17.2 Å². The van der Waals surface area contributed by atoms with Gasteiger partial charge in [0.2, 0.25) is 6.23 Å². The van der Waals surface area contributed by atoms with E-state index >= 15 is 0 Å². The Labute approximate surface area is 164 Å². The summed E-state index contributed by atoms with van der Waals surface area (Å²) in [5.41, 5.74) is 3.01. The molecule has 6 heteroatoms. The molecule has 130 valence electrons. The van der Waals surface area contributed by atoms with Crippen LogP contribution in [0.1, 0.15) is 35.6 Å². The second-order valence-electron chi connectivity index (χ2n) is 6.33. The maximum Gasteiger partial charge on any atom is 0.213 e. The van der Waals surface area contributed by atoms with Gasteiger partial charge in [-0.1, -0.05) is 39.7 Å². The zero-order valence-corrected chi connectivity index (χ0v) is 15.9. The normalized spacial score (nSPS) is 21.0. The van der Waals surface area contributed by atoms with Crippen LogP contribution in [0.5, 0.6) is 5.75 Å². The second kappa shape index (κ2) is 6.18. The third-order valence-corrected chi connectivity index (χ3v) is 5.48. The molecule has 3 heterocycles. The molecule has 4 nitrogen and oxygen atoms in total. The number of fused-ring (bicyclic) bond motifs is 3. The second-order valence-corrected chi connectivity index (χ2v) is 7.68. The standard InChI is InChI=1S/C20H14BrClN2O2/c21-13-5-3-12(4-6-13)20-24-17(11-16(23-24)19-2-1-9-25-19)15-10-14(22)7-8-18(15)26-20/h1-10,17,20H,11H2/t17-,20-/m0/s1. The van der Waals surface area contributed by atoms with Gasteiger partial charge in [0, 0.05) is 27.0 Å². The van der Waals surface area contributed by atoms with Gasteiger partial charge in [-0.3, -0.25) is 0 Å². The summed E-state index contributed by atoms with van der Waals surface area (Å²) < 4.78 is 12.9. The first kappa shape index (κ1) is 16.0. The van der Waals surface area contributed by atoms with Gasteiger partial charge in [-0.2, -0.15) is 5.10 Å². The fourth-order valence-electron chi connectivity index (χ4n) is 3.50. The van der Waals surface area contributed by atoms with Crippen molar-refractivity contribution in [3.05, 3.63) is 87.2 Å². The molecule has 2 aliphatic heterocycles. The Bertz CT molecular complexity index is 986. The van der Waals surface area contributed by atoms with E-state index in [9.17, 15) is 0 Å². The number of rotatable bonds is 2. The van der Waals surface area contributed by atoms with Gasteiger partial charge in [0.15, 0.2) is 0 Å². The average molecular weight is 430 g/mol. The summed E-state index contributed by atoms with van der Waals surface area (Å²) in [6.07, 6.45) is 2.12. The molecule has 3 aromatic rings. The Morgan fingerprint density at radius 2 is 1.96 bits per heavy atom. The average Bonchev–Trinajstić information content (AvgIpc) is 3.32. The van der Waals surface area contributed by atoms with E-state index in [1.165, 1.54) is 0 Å². The van der Waals surface area contributed by atoms with Crippen molar-refractivity contribution in [1.29, 1.82) is 0 Å². The van der Waals surface area contributed by atoms with Crippen molar-refractivity contribution in [3.8, 4) is 5.75 Å². The molecule has 0 amide bonds. The summed E-state index contributed by atoms with van der Waals surface area (Å²) in [6, 6.07) is 17.8. The molecule has 5 rings (SSSR count). The lowest BCUT2D eigenvalue weighted by atomic mass is 9.97.